The Bertz CT molecular complexity index is 1060. The summed E-state index contributed by atoms with van der Waals surface area (Å²) >= 11 is 0. The molecule has 3 aromatic carbocycles. The Labute approximate surface area is 196 Å². The lowest BCUT2D eigenvalue weighted by Gasteiger charge is -2.34. The minimum atomic E-state index is -0.231. The lowest BCUT2D eigenvalue weighted by Crippen LogP contribution is -2.34. The van der Waals surface area contributed by atoms with Gasteiger partial charge in [0.25, 0.3) is 0 Å². The van der Waals surface area contributed by atoms with Crippen LogP contribution in [0, 0.1) is 36.5 Å². The van der Waals surface area contributed by atoms with Crippen molar-refractivity contribution in [2.45, 2.75) is 20.8 Å². The van der Waals surface area contributed by atoms with E-state index in [1.165, 1.54) is 27.2 Å². The molecular weight excluding hydrogens is 408 g/mol. The van der Waals surface area contributed by atoms with Crippen molar-refractivity contribution in [3.05, 3.63) is 144 Å². The molecule has 164 valence electrons. The first-order valence-corrected chi connectivity index (χ1v) is 10.7. The summed E-state index contributed by atoms with van der Waals surface area (Å²) in [5.41, 5.74) is 2.30. The predicted octanol–water partition coefficient (Wildman–Crippen LogP) is 5.60. The number of rotatable bonds is 11. The van der Waals surface area contributed by atoms with Crippen LogP contribution < -0.4 is 0 Å². The highest BCUT2D eigenvalue weighted by molar-refractivity contribution is 6.08. The molecule has 33 heavy (non-hydrogen) atoms. The van der Waals surface area contributed by atoms with Crippen molar-refractivity contribution in [1.82, 2.24) is 0 Å². The topological polar surface area (TPSA) is 51.2 Å². The van der Waals surface area contributed by atoms with E-state index >= 15 is 0 Å². The second kappa shape index (κ2) is 11.5. The largest absolute Gasteiger partial charge is 0.300 e. The number of hydrogen-bond acceptors (Lipinski definition) is 3. The molecule has 0 bridgehead atoms. The fourth-order valence-corrected chi connectivity index (χ4v) is 3.73. The van der Waals surface area contributed by atoms with Crippen molar-refractivity contribution >= 4 is 17.3 Å². The highest BCUT2D eigenvalue weighted by Crippen LogP contribution is 2.45. The second-order valence-electron chi connectivity index (χ2n) is 7.73. The molecule has 0 amide bonds. The van der Waals surface area contributed by atoms with Gasteiger partial charge in [-0.3, -0.25) is 14.4 Å². The van der Waals surface area contributed by atoms with Crippen LogP contribution >= 0.6 is 0 Å². The number of Topliss-reactive ketones (excluding diaryl/α,β-unsaturated/α-hetero) is 3. The molecule has 6 radical (unpaired) electrons. The molecule has 0 fully saturated rings. The molecule has 0 atom stereocenters. The van der Waals surface area contributed by atoms with Gasteiger partial charge in [0.15, 0.2) is 0 Å². The molecule has 3 nitrogen and oxygen atoms in total. The Morgan fingerprint density at radius 1 is 0.606 bits per heavy atom. The molecule has 0 aromatic heterocycles. The van der Waals surface area contributed by atoms with Crippen molar-refractivity contribution in [3.8, 4) is 0 Å². The third-order valence-electron chi connectivity index (χ3n) is 5.13. The van der Waals surface area contributed by atoms with Gasteiger partial charge in [-0.2, -0.15) is 0 Å². The molecule has 0 aliphatic heterocycles. The van der Waals surface area contributed by atoms with Gasteiger partial charge in [0, 0.05) is 24.7 Å². The smallest absolute Gasteiger partial charge is 0.138 e. The first-order chi connectivity index (χ1) is 15.9. The number of hydrogen-bond donors (Lipinski definition) is 0. The molecule has 0 heterocycles. The van der Waals surface area contributed by atoms with Crippen LogP contribution in [-0.2, 0) is 14.4 Å². The Balaban J connectivity index is 2.17. The molecule has 0 aliphatic carbocycles. The molecule has 3 heteroatoms. The van der Waals surface area contributed by atoms with Crippen LogP contribution in [0.2, 0.25) is 0 Å². The summed E-state index contributed by atoms with van der Waals surface area (Å²) in [7, 11) is 0. The average Bonchev–Trinajstić information content (AvgIpc) is 2.81. The van der Waals surface area contributed by atoms with Gasteiger partial charge >= 0.3 is 0 Å². The molecular formula is C30H26O3. The highest BCUT2D eigenvalue weighted by atomic mass is 16.1. The van der Waals surface area contributed by atoms with Gasteiger partial charge in [-0.25, -0.2) is 0 Å². The minimum Gasteiger partial charge on any atom is -0.300 e. The van der Waals surface area contributed by atoms with Crippen LogP contribution in [0.4, 0.5) is 0 Å². The summed E-state index contributed by atoms with van der Waals surface area (Å²) in [6.07, 6.45) is 3.26. The van der Waals surface area contributed by atoms with E-state index in [0.717, 1.165) is 16.7 Å². The monoisotopic (exact) mass is 434 g/mol. The fraction of sp³-hybridized carbons (Fsp3) is 0.100. The molecule has 0 unspecified atom stereocenters. The summed E-state index contributed by atoms with van der Waals surface area (Å²) in [6, 6.07) is 28.2. The third-order valence-corrected chi connectivity index (χ3v) is 5.13. The molecule has 0 aliphatic rings. The van der Waals surface area contributed by atoms with Crippen LogP contribution in [0.15, 0.2) is 91.0 Å². The van der Waals surface area contributed by atoms with Gasteiger partial charge in [0.2, 0.25) is 0 Å². The zero-order chi connectivity index (χ0) is 23.8. The maximum absolute atomic E-state index is 13.2. The average molecular weight is 435 g/mol. The van der Waals surface area contributed by atoms with Crippen molar-refractivity contribution in [3.63, 3.8) is 0 Å². The van der Waals surface area contributed by atoms with Gasteiger partial charge in [0.05, 0.1) is 11.8 Å². The van der Waals surface area contributed by atoms with E-state index in [-0.39, 0.29) is 17.3 Å². The standard InChI is InChI=1S/C30H26O3/c1-21(31)19-28(25-15-9-5-10-16-25)29(23(3)33)30(26-17-11-6-12-18-26)27(22(2)32)20-24-13-7-4-8-14-24/h4-20H,1-3H3. The van der Waals surface area contributed by atoms with E-state index < -0.39 is 0 Å². The van der Waals surface area contributed by atoms with Gasteiger partial charge in [-0.05, 0) is 37.5 Å². The molecule has 0 N–H and O–H groups in total. The van der Waals surface area contributed by atoms with Gasteiger partial charge in [-0.1, -0.05) is 91.0 Å². The van der Waals surface area contributed by atoms with Crippen LogP contribution in [0.3, 0.4) is 0 Å². The summed E-state index contributed by atoms with van der Waals surface area (Å²) in [5, 5.41) is 0. The van der Waals surface area contributed by atoms with Crippen molar-refractivity contribution in [2.24, 2.45) is 0 Å². The first-order valence-electron chi connectivity index (χ1n) is 10.7. The van der Waals surface area contributed by atoms with Crippen LogP contribution in [-0.4, -0.2) is 17.3 Å². The lowest BCUT2D eigenvalue weighted by molar-refractivity contribution is -0.115. The fourth-order valence-electron chi connectivity index (χ4n) is 3.73. The van der Waals surface area contributed by atoms with Crippen LogP contribution in [0.5, 0.6) is 0 Å². The molecule has 3 rings (SSSR count). The third kappa shape index (κ3) is 6.35. The summed E-state index contributed by atoms with van der Waals surface area (Å²) in [5.74, 6) is 1.15. The number of ketones is 3. The zero-order valence-electron chi connectivity index (χ0n) is 19.0. The van der Waals surface area contributed by atoms with Crippen molar-refractivity contribution < 1.29 is 14.4 Å². The zero-order valence-corrected chi connectivity index (χ0v) is 19.0. The SMILES string of the molecule is CC(=O)[CH][C]([C]([C]([C]([CH]c1ccccc1)C(C)=O)c1ccccc1)C(C)=O)c1ccccc1. The Morgan fingerprint density at radius 2 is 1.09 bits per heavy atom. The van der Waals surface area contributed by atoms with E-state index in [2.05, 4.69) is 0 Å². The summed E-state index contributed by atoms with van der Waals surface area (Å²) in [6.45, 7) is 4.41. The molecule has 0 saturated heterocycles. The molecule has 3 aromatic rings. The quantitative estimate of drug-likeness (QED) is 0.394. The van der Waals surface area contributed by atoms with Crippen LogP contribution in [0.25, 0.3) is 0 Å². The predicted molar refractivity (Wildman–Crippen MR) is 130 cm³/mol. The Kier molecular flexibility index (Phi) is 8.48. The number of benzene rings is 3. The maximum atomic E-state index is 13.2. The molecule has 0 spiro atoms. The molecule has 0 saturated carbocycles. The first kappa shape index (κ1) is 24.3. The highest BCUT2D eigenvalue weighted by Gasteiger charge is 2.43. The minimum absolute atomic E-state index is 0.174. The second-order valence-corrected chi connectivity index (χ2v) is 7.73. The lowest BCUT2D eigenvalue weighted by atomic mass is 9.65. The normalized spacial score (nSPS) is 11.4. The summed E-state index contributed by atoms with van der Waals surface area (Å²) < 4.78 is 0. The van der Waals surface area contributed by atoms with E-state index in [1.54, 1.807) is 6.42 Å². The number of carbonyl (C=O) groups is 3. The van der Waals surface area contributed by atoms with Gasteiger partial charge in [-0.15, -0.1) is 0 Å². The maximum Gasteiger partial charge on any atom is 0.138 e. The number of carbonyl (C=O) groups excluding carboxylic acids is 3. The van der Waals surface area contributed by atoms with E-state index in [0.29, 0.717) is 23.7 Å². The Morgan fingerprint density at radius 3 is 1.55 bits per heavy atom. The van der Waals surface area contributed by atoms with E-state index in [1.807, 2.05) is 91.0 Å². The van der Waals surface area contributed by atoms with Gasteiger partial charge < -0.3 is 0 Å². The van der Waals surface area contributed by atoms with Crippen molar-refractivity contribution in [1.29, 1.82) is 0 Å². The van der Waals surface area contributed by atoms with Crippen LogP contribution in [0.1, 0.15) is 37.5 Å². The van der Waals surface area contributed by atoms with E-state index in [4.69, 9.17) is 0 Å². The summed E-state index contributed by atoms with van der Waals surface area (Å²) in [4.78, 5) is 38.4. The van der Waals surface area contributed by atoms with Gasteiger partial charge in [0.1, 0.15) is 17.3 Å². The van der Waals surface area contributed by atoms with Crippen molar-refractivity contribution in [2.75, 3.05) is 0 Å². The Hall–Kier alpha value is -3.33. The van der Waals surface area contributed by atoms with E-state index in [9.17, 15) is 14.4 Å².